The van der Waals surface area contributed by atoms with Gasteiger partial charge in [0.05, 0.1) is 12.2 Å². The first kappa shape index (κ1) is 38.6. The molecule has 48 heavy (non-hydrogen) atoms. The highest BCUT2D eigenvalue weighted by atomic mass is 127. The number of sulfone groups is 1. The van der Waals surface area contributed by atoms with E-state index >= 15 is 0 Å². The van der Waals surface area contributed by atoms with Crippen LogP contribution >= 0.6 is 79.4 Å². The third-order valence-electron chi connectivity index (χ3n) is 6.78. The maximum Gasteiger partial charge on any atom is 0.355 e. The van der Waals surface area contributed by atoms with Gasteiger partial charge in [0.1, 0.15) is 24.3 Å². The van der Waals surface area contributed by atoms with Gasteiger partial charge in [0.2, 0.25) is 40.7 Å². The number of nitrogens with two attached hydrogens (primary N) is 1. The van der Waals surface area contributed by atoms with Crippen molar-refractivity contribution in [2.45, 2.75) is 36.4 Å². The number of carbonyl (C=O) groups is 4. The number of amides is 2. The summed E-state index contributed by atoms with van der Waals surface area (Å²) in [6, 6.07) is 14.2. The number of β-lactam (4-membered cyclic amide) rings is 1. The minimum atomic E-state index is -4.66. The Morgan fingerprint density at radius 1 is 1.08 bits per heavy atom. The number of para-hydroxylation sites is 1. The molecule has 2 aliphatic rings. The number of benzene rings is 2. The summed E-state index contributed by atoms with van der Waals surface area (Å²) >= 11 is 21.8. The van der Waals surface area contributed by atoms with Crippen molar-refractivity contribution in [3.63, 3.8) is 0 Å². The molecule has 4 rings (SSSR count). The van der Waals surface area contributed by atoms with E-state index in [0.29, 0.717) is 5.56 Å². The van der Waals surface area contributed by atoms with E-state index in [2.05, 4.69) is 5.32 Å². The molecule has 0 radical (unpaired) electrons. The molecule has 0 aromatic heterocycles. The van der Waals surface area contributed by atoms with Crippen LogP contribution in [0.15, 0.2) is 65.9 Å². The monoisotopic (exact) mass is 895 g/mol. The first-order valence-electron chi connectivity index (χ1n) is 13.6. The molecule has 2 aromatic rings. The van der Waals surface area contributed by atoms with E-state index in [-0.39, 0.29) is 29.0 Å². The number of thioether (sulfide) groups is 1. The number of ether oxygens (including phenoxy) is 3. The predicted molar refractivity (Wildman–Crippen MR) is 187 cm³/mol. The van der Waals surface area contributed by atoms with Crippen molar-refractivity contribution in [2.24, 2.45) is 0 Å². The molecular formula is C28H26Cl4IN3O10S2. The smallest absolute Gasteiger partial charge is 0.355 e. The Bertz CT molecular complexity index is 1760. The molecule has 260 valence electrons. The topological polar surface area (TPSA) is 188 Å². The molecule has 3 atom stereocenters. The molecule has 2 heterocycles. The summed E-state index contributed by atoms with van der Waals surface area (Å²) in [6.07, 6.45) is -0.382. The Hall–Kier alpha value is -2.19. The average Bonchev–Trinajstić information content (AvgIpc) is 3.02. The summed E-state index contributed by atoms with van der Waals surface area (Å²) in [5.74, 6) is -4.72. The van der Waals surface area contributed by atoms with Crippen LogP contribution in [-0.2, 0) is 58.5 Å². The van der Waals surface area contributed by atoms with Gasteiger partial charge in [-0.05, 0) is 17.2 Å². The van der Waals surface area contributed by atoms with Crippen molar-refractivity contribution in [2.75, 3.05) is 24.7 Å². The molecule has 2 amide bonds. The van der Waals surface area contributed by atoms with Gasteiger partial charge in [-0.25, -0.2) is 13.2 Å². The zero-order valence-electron chi connectivity index (χ0n) is 24.6. The number of nitrogens with zero attached hydrogens (tertiary/aromatic N) is 1. The van der Waals surface area contributed by atoms with E-state index in [1.54, 1.807) is 42.5 Å². The molecule has 2 aromatic carbocycles. The fraction of sp³-hybridized carbons (Fsp3) is 0.357. The first-order chi connectivity index (χ1) is 22.4. The molecule has 1 unspecified atom stereocenters. The second-order valence-electron chi connectivity index (χ2n) is 10.3. The molecule has 1 saturated heterocycles. The van der Waals surface area contributed by atoms with Gasteiger partial charge in [0.25, 0.3) is 11.6 Å². The summed E-state index contributed by atoms with van der Waals surface area (Å²) in [7, 11) is -4.66. The highest BCUT2D eigenvalue weighted by molar-refractivity contribution is 14.1. The van der Waals surface area contributed by atoms with Gasteiger partial charge in [0.15, 0.2) is 0 Å². The van der Waals surface area contributed by atoms with E-state index in [4.69, 9.17) is 66.3 Å². The summed E-state index contributed by atoms with van der Waals surface area (Å²) in [5, 5.41) is 1.06. The number of nitrogen functional groups attached to an aromatic ring is 1. The SMILES string of the molecule is CC(=O)OCC1=C(C(=O)OCC(Cl)(Cl)Cl)N2C(=O)[C@@](NC(=O)Cc3ccccc3N)(OC(Cl)(I=O)S(=O)(=O)Cc3ccccc3)[C@H]2SC1. The molecule has 0 bridgehead atoms. The first-order valence-corrected chi connectivity index (χ1v) is 19.7. The maximum atomic E-state index is 14.2. The van der Waals surface area contributed by atoms with Crippen LogP contribution in [0.25, 0.3) is 0 Å². The average molecular weight is 897 g/mol. The molecule has 0 spiro atoms. The largest absolute Gasteiger partial charge is 0.461 e. The Kier molecular flexibility index (Phi) is 12.4. The third kappa shape index (κ3) is 8.57. The van der Waals surface area contributed by atoms with Gasteiger partial charge in [0, 0.05) is 23.9 Å². The van der Waals surface area contributed by atoms with Crippen LogP contribution in [-0.4, -0.2) is 73.3 Å². The van der Waals surface area contributed by atoms with Crippen LogP contribution in [0.5, 0.6) is 0 Å². The number of nitrogens with one attached hydrogen (secondary N) is 1. The zero-order chi connectivity index (χ0) is 35.5. The molecule has 3 N–H and O–H groups in total. The lowest BCUT2D eigenvalue weighted by Gasteiger charge is -2.57. The van der Waals surface area contributed by atoms with Crippen LogP contribution < -0.4 is 11.1 Å². The number of rotatable bonds is 13. The van der Waals surface area contributed by atoms with Gasteiger partial charge >= 0.3 is 14.3 Å². The number of alkyl halides is 5. The molecule has 20 heteroatoms. The van der Waals surface area contributed by atoms with Crippen LogP contribution in [0.2, 0.25) is 0 Å². The summed E-state index contributed by atoms with van der Waals surface area (Å²) in [4.78, 5) is 53.5. The van der Waals surface area contributed by atoms with Crippen molar-refractivity contribution in [1.82, 2.24) is 10.2 Å². The van der Waals surface area contributed by atoms with Gasteiger partial charge in [-0.2, -0.15) is 0 Å². The minimum Gasteiger partial charge on any atom is -0.461 e. The lowest BCUT2D eigenvalue weighted by Crippen LogP contribution is -2.82. The van der Waals surface area contributed by atoms with Crippen molar-refractivity contribution in [1.29, 1.82) is 0 Å². The molecule has 0 aliphatic carbocycles. The van der Waals surface area contributed by atoms with Crippen molar-refractivity contribution < 1.29 is 44.9 Å². The van der Waals surface area contributed by atoms with Crippen LogP contribution in [0.3, 0.4) is 0 Å². The van der Waals surface area contributed by atoms with E-state index in [1.165, 1.54) is 12.1 Å². The van der Waals surface area contributed by atoms with Crippen molar-refractivity contribution in [3.8, 4) is 0 Å². The fourth-order valence-corrected chi connectivity index (χ4v) is 9.34. The molecule has 0 saturated carbocycles. The van der Waals surface area contributed by atoms with Crippen LogP contribution in [0, 0.1) is 0 Å². The van der Waals surface area contributed by atoms with E-state index in [1.807, 2.05) is 0 Å². The molecular weight excluding hydrogens is 871 g/mol. The van der Waals surface area contributed by atoms with Gasteiger partial charge in [-0.15, -0.1) is 11.8 Å². The van der Waals surface area contributed by atoms with Crippen LogP contribution in [0.4, 0.5) is 5.69 Å². The normalized spacial score (nSPS) is 20.6. The highest BCUT2D eigenvalue weighted by Crippen LogP contribution is 2.52. The second kappa shape index (κ2) is 15.4. The number of anilines is 1. The number of fused-ring (bicyclic) bond motifs is 1. The fourth-order valence-electron chi connectivity index (χ4n) is 4.64. The maximum absolute atomic E-state index is 14.2. The Labute approximate surface area is 309 Å². The Morgan fingerprint density at radius 2 is 1.73 bits per heavy atom. The summed E-state index contributed by atoms with van der Waals surface area (Å²) < 4.78 is 51.0. The lowest BCUT2D eigenvalue weighted by atomic mass is 9.97. The van der Waals surface area contributed by atoms with Gasteiger partial charge in [-0.1, -0.05) is 94.9 Å². The minimum absolute atomic E-state index is 0.108. The van der Waals surface area contributed by atoms with Crippen molar-refractivity contribution >= 4 is 119 Å². The van der Waals surface area contributed by atoms with E-state index in [0.717, 1.165) is 23.6 Å². The zero-order valence-corrected chi connectivity index (χ0v) is 31.4. The molecule has 1 fully saturated rings. The number of carbonyl (C=O) groups excluding carboxylic acids is 4. The van der Waals surface area contributed by atoms with Gasteiger partial charge in [-0.3, -0.25) is 27.1 Å². The van der Waals surface area contributed by atoms with Gasteiger partial charge < -0.3 is 20.5 Å². The Morgan fingerprint density at radius 3 is 2.33 bits per heavy atom. The van der Waals surface area contributed by atoms with Crippen molar-refractivity contribution in [3.05, 3.63) is 77.0 Å². The van der Waals surface area contributed by atoms with E-state index < -0.39 is 96.7 Å². The summed E-state index contributed by atoms with van der Waals surface area (Å²) in [6.45, 7) is -0.0487. The number of hydrogen-bond donors (Lipinski definition) is 2. The van der Waals surface area contributed by atoms with E-state index in [9.17, 15) is 30.7 Å². The molecule has 2 aliphatic heterocycles. The third-order valence-corrected chi connectivity index (χ3v) is 14.4. The number of halogens is 5. The van der Waals surface area contributed by atoms with Crippen LogP contribution in [0.1, 0.15) is 18.1 Å². The predicted octanol–water partition coefficient (Wildman–Crippen LogP) is 4.07. The number of hydrogen-bond acceptors (Lipinski definition) is 12. The second-order valence-corrected chi connectivity index (χ2v) is 20.1. The quantitative estimate of drug-likeness (QED) is 0.0734. The standard InChI is InChI=1S/C28H26Cl4IN3O10S2/c1-16(37)44-12-19-13-47-25-27(35-21(38)11-18-9-5-6-10-20(18)34,24(40)36(25)22(19)23(39)45-15-26(29,30)31)46-28(32,33-41)48(42,43)14-17-7-3-2-4-8-17/h2-10,25H,11-15,34H2,1H3,(H,35,38)/t25-,27-,28?/m1/s1. The number of esters is 2. The molecule has 13 nitrogen and oxygen atoms in total. The lowest BCUT2D eigenvalue weighted by molar-refractivity contribution is -0.198. The summed E-state index contributed by atoms with van der Waals surface area (Å²) in [5.41, 5.74) is 4.01. The highest BCUT2D eigenvalue weighted by Gasteiger charge is 2.71. The Balaban J connectivity index is 1.77.